The van der Waals surface area contributed by atoms with Gasteiger partial charge in [0.15, 0.2) is 0 Å². The van der Waals surface area contributed by atoms with Gasteiger partial charge in [0, 0.05) is 43.4 Å². The highest BCUT2D eigenvalue weighted by molar-refractivity contribution is 7.10. The molecular weight excluding hydrogens is 370 g/mol. The molecule has 1 aromatic rings. The minimum absolute atomic E-state index is 0. The van der Waals surface area contributed by atoms with E-state index in [0.717, 1.165) is 25.8 Å². The van der Waals surface area contributed by atoms with Crippen molar-refractivity contribution in [2.24, 2.45) is 11.7 Å². The standard InChI is InChI=1S/C19H29N3O2S.ClH/c20-12-16(14-4-2-1-3-5-14)21-18(23)6-7-19(24)22-10-8-17-15(13-22)9-11-25-17;/h9,11,14,16H,1-8,10,12-13,20H2,(H,21,23);1H. The molecule has 1 unspecified atom stereocenters. The number of nitrogens with two attached hydrogens (primary N) is 1. The Bertz CT molecular complexity index is 601. The number of carbonyl (C=O) groups is 2. The van der Waals surface area contributed by atoms with Crippen LogP contribution in [0.1, 0.15) is 55.4 Å². The molecule has 2 amide bonds. The summed E-state index contributed by atoms with van der Waals surface area (Å²) >= 11 is 1.77. The number of amides is 2. The molecule has 0 spiro atoms. The zero-order chi connectivity index (χ0) is 17.6. The summed E-state index contributed by atoms with van der Waals surface area (Å²) < 4.78 is 0. The second-order valence-corrected chi connectivity index (χ2v) is 8.24. The van der Waals surface area contributed by atoms with Crippen LogP contribution < -0.4 is 11.1 Å². The highest BCUT2D eigenvalue weighted by atomic mass is 35.5. The molecule has 0 bridgehead atoms. The van der Waals surface area contributed by atoms with Crippen LogP contribution in [0.2, 0.25) is 0 Å². The van der Waals surface area contributed by atoms with Gasteiger partial charge in [0.25, 0.3) is 0 Å². The first kappa shape index (κ1) is 21.2. The number of nitrogens with one attached hydrogen (secondary N) is 1. The van der Waals surface area contributed by atoms with Crippen molar-refractivity contribution in [1.29, 1.82) is 0 Å². The number of fused-ring (bicyclic) bond motifs is 1. The maximum absolute atomic E-state index is 12.4. The van der Waals surface area contributed by atoms with Crippen molar-refractivity contribution in [3.05, 3.63) is 21.9 Å². The van der Waals surface area contributed by atoms with E-state index in [1.807, 2.05) is 4.90 Å². The van der Waals surface area contributed by atoms with Crippen molar-refractivity contribution < 1.29 is 9.59 Å². The molecule has 3 rings (SSSR count). The summed E-state index contributed by atoms with van der Waals surface area (Å²) in [6, 6.07) is 2.16. The van der Waals surface area contributed by atoms with E-state index in [0.29, 0.717) is 19.0 Å². The van der Waals surface area contributed by atoms with E-state index in [1.54, 1.807) is 11.3 Å². The van der Waals surface area contributed by atoms with Crippen LogP contribution in [0, 0.1) is 5.92 Å². The highest BCUT2D eigenvalue weighted by Gasteiger charge is 2.25. The van der Waals surface area contributed by atoms with Crippen molar-refractivity contribution in [1.82, 2.24) is 10.2 Å². The number of hydrogen-bond acceptors (Lipinski definition) is 4. The van der Waals surface area contributed by atoms with Gasteiger partial charge in [-0.05, 0) is 42.2 Å². The SMILES string of the molecule is Cl.NCC(NC(=O)CCC(=O)N1CCc2sccc2C1)C1CCCCC1. The van der Waals surface area contributed by atoms with Gasteiger partial charge in [0.05, 0.1) is 0 Å². The number of halogens is 1. The Labute approximate surface area is 166 Å². The van der Waals surface area contributed by atoms with Crippen LogP contribution in [0.4, 0.5) is 0 Å². The number of nitrogens with zero attached hydrogens (tertiary/aromatic N) is 1. The summed E-state index contributed by atoms with van der Waals surface area (Å²) in [6.07, 6.45) is 7.53. The van der Waals surface area contributed by atoms with E-state index in [2.05, 4.69) is 16.8 Å². The lowest BCUT2D eigenvalue weighted by atomic mass is 9.84. The van der Waals surface area contributed by atoms with Crippen molar-refractivity contribution in [2.45, 2.75) is 64.0 Å². The Morgan fingerprint density at radius 3 is 2.77 bits per heavy atom. The fourth-order valence-electron chi connectivity index (χ4n) is 4.02. The van der Waals surface area contributed by atoms with Gasteiger partial charge in [-0.25, -0.2) is 0 Å². The molecule has 1 saturated carbocycles. The van der Waals surface area contributed by atoms with Gasteiger partial charge >= 0.3 is 0 Å². The summed E-state index contributed by atoms with van der Waals surface area (Å²) in [5.41, 5.74) is 7.13. The predicted octanol–water partition coefficient (Wildman–Crippen LogP) is 2.86. The number of rotatable bonds is 6. The lowest BCUT2D eigenvalue weighted by molar-refractivity contribution is -0.134. The molecule has 26 heavy (non-hydrogen) atoms. The summed E-state index contributed by atoms with van der Waals surface area (Å²) in [7, 11) is 0. The van der Waals surface area contributed by atoms with Crippen molar-refractivity contribution >= 4 is 35.6 Å². The molecule has 1 atom stereocenters. The average Bonchev–Trinajstić information content (AvgIpc) is 3.12. The third-order valence-electron chi connectivity index (χ3n) is 5.55. The van der Waals surface area contributed by atoms with Crippen molar-refractivity contribution in [3.63, 3.8) is 0 Å². The summed E-state index contributed by atoms with van der Waals surface area (Å²) in [5.74, 6) is 0.536. The van der Waals surface area contributed by atoms with E-state index in [1.165, 1.54) is 29.7 Å². The second-order valence-electron chi connectivity index (χ2n) is 7.24. The normalized spacial score (nSPS) is 18.6. The molecule has 1 fully saturated rings. The van der Waals surface area contributed by atoms with Crippen LogP contribution in [0.5, 0.6) is 0 Å². The molecule has 0 aromatic carbocycles. The minimum atomic E-state index is -0.0393. The Morgan fingerprint density at radius 1 is 1.27 bits per heavy atom. The third-order valence-corrected chi connectivity index (χ3v) is 6.57. The number of hydrogen-bond donors (Lipinski definition) is 2. The minimum Gasteiger partial charge on any atom is -0.352 e. The lowest BCUT2D eigenvalue weighted by Gasteiger charge is -2.30. The van der Waals surface area contributed by atoms with Gasteiger partial charge in [-0.2, -0.15) is 0 Å². The van der Waals surface area contributed by atoms with E-state index in [9.17, 15) is 9.59 Å². The maximum atomic E-state index is 12.4. The Kier molecular flexibility index (Phi) is 8.38. The van der Waals surface area contributed by atoms with Gasteiger partial charge in [-0.1, -0.05) is 19.3 Å². The number of carbonyl (C=O) groups excluding carboxylic acids is 2. The molecule has 1 aliphatic heterocycles. The molecule has 2 heterocycles. The first-order valence-electron chi connectivity index (χ1n) is 9.50. The first-order valence-corrected chi connectivity index (χ1v) is 10.4. The summed E-state index contributed by atoms with van der Waals surface area (Å²) in [6.45, 7) is 1.94. The molecule has 146 valence electrons. The van der Waals surface area contributed by atoms with Gasteiger partial charge in [0.2, 0.25) is 11.8 Å². The van der Waals surface area contributed by atoms with E-state index < -0.39 is 0 Å². The average molecular weight is 400 g/mol. The van der Waals surface area contributed by atoms with Crippen LogP contribution in [-0.2, 0) is 22.6 Å². The summed E-state index contributed by atoms with van der Waals surface area (Å²) in [4.78, 5) is 27.9. The third kappa shape index (κ3) is 5.44. The second kappa shape index (κ2) is 10.3. The molecule has 1 aromatic heterocycles. The Hall–Kier alpha value is -1.11. The molecular formula is C19H30ClN3O2S. The molecule has 5 nitrogen and oxygen atoms in total. The van der Waals surface area contributed by atoms with Gasteiger partial charge in [0.1, 0.15) is 0 Å². The van der Waals surface area contributed by atoms with Crippen molar-refractivity contribution in [3.8, 4) is 0 Å². The van der Waals surface area contributed by atoms with Gasteiger partial charge < -0.3 is 16.0 Å². The predicted molar refractivity (Wildman–Crippen MR) is 107 cm³/mol. The summed E-state index contributed by atoms with van der Waals surface area (Å²) in [5, 5.41) is 5.16. The zero-order valence-corrected chi connectivity index (χ0v) is 16.9. The van der Waals surface area contributed by atoms with Crippen LogP contribution in [0.25, 0.3) is 0 Å². The largest absolute Gasteiger partial charge is 0.352 e. The van der Waals surface area contributed by atoms with E-state index in [-0.39, 0.29) is 43.1 Å². The Balaban J connectivity index is 0.00000243. The van der Waals surface area contributed by atoms with Gasteiger partial charge in [-0.3, -0.25) is 9.59 Å². The Morgan fingerprint density at radius 2 is 2.04 bits per heavy atom. The van der Waals surface area contributed by atoms with Crippen LogP contribution in [-0.4, -0.2) is 35.8 Å². The van der Waals surface area contributed by atoms with E-state index in [4.69, 9.17) is 5.73 Å². The molecule has 3 N–H and O–H groups in total. The van der Waals surface area contributed by atoms with Gasteiger partial charge in [-0.15, -0.1) is 23.7 Å². The molecule has 0 saturated heterocycles. The monoisotopic (exact) mass is 399 g/mol. The fourth-order valence-corrected chi connectivity index (χ4v) is 4.91. The molecule has 0 radical (unpaired) electrons. The van der Waals surface area contributed by atoms with E-state index >= 15 is 0 Å². The quantitative estimate of drug-likeness (QED) is 0.772. The van der Waals surface area contributed by atoms with Crippen molar-refractivity contribution in [2.75, 3.05) is 13.1 Å². The highest BCUT2D eigenvalue weighted by Crippen LogP contribution is 2.26. The zero-order valence-electron chi connectivity index (χ0n) is 15.2. The maximum Gasteiger partial charge on any atom is 0.223 e. The number of thiophene rings is 1. The van der Waals surface area contributed by atoms with Crippen LogP contribution in [0.3, 0.4) is 0 Å². The smallest absolute Gasteiger partial charge is 0.223 e. The molecule has 2 aliphatic rings. The molecule has 7 heteroatoms. The topological polar surface area (TPSA) is 75.4 Å². The van der Waals surface area contributed by atoms with Crippen LogP contribution >= 0.6 is 23.7 Å². The lowest BCUT2D eigenvalue weighted by Crippen LogP contribution is -2.46. The van der Waals surface area contributed by atoms with Crippen LogP contribution in [0.15, 0.2) is 11.4 Å². The fraction of sp³-hybridized carbons (Fsp3) is 0.684. The first-order chi connectivity index (χ1) is 12.2. The molecule has 1 aliphatic carbocycles.